The van der Waals surface area contributed by atoms with Gasteiger partial charge in [-0.05, 0) is 25.3 Å². The second kappa shape index (κ2) is 9.70. The molecular formula is C15H31NO3. The van der Waals surface area contributed by atoms with Crippen molar-refractivity contribution in [2.45, 2.75) is 64.1 Å². The minimum atomic E-state index is -0.649. The highest BCUT2D eigenvalue weighted by molar-refractivity contribution is 4.79. The molecule has 1 heterocycles. The van der Waals surface area contributed by atoms with E-state index in [1.54, 1.807) is 0 Å². The largest absolute Gasteiger partial charge is 0.396 e. The van der Waals surface area contributed by atoms with Gasteiger partial charge in [-0.2, -0.15) is 0 Å². The number of hydrogen-bond acceptors (Lipinski definition) is 4. The highest BCUT2D eigenvalue weighted by atomic mass is 16.3. The summed E-state index contributed by atoms with van der Waals surface area (Å²) < 4.78 is 0. The van der Waals surface area contributed by atoms with E-state index in [4.69, 9.17) is 5.11 Å². The van der Waals surface area contributed by atoms with E-state index in [0.717, 1.165) is 32.4 Å². The zero-order chi connectivity index (χ0) is 14.1. The molecule has 0 spiro atoms. The van der Waals surface area contributed by atoms with Crippen molar-refractivity contribution in [3.63, 3.8) is 0 Å². The highest BCUT2D eigenvalue weighted by Gasteiger charge is 2.25. The van der Waals surface area contributed by atoms with Gasteiger partial charge < -0.3 is 20.2 Å². The Balaban J connectivity index is 2.09. The number of rotatable bonds is 10. The molecular weight excluding hydrogens is 242 g/mol. The fourth-order valence-corrected chi connectivity index (χ4v) is 2.76. The molecule has 3 N–H and O–H groups in total. The lowest BCUT2D eigenvalue weighted by atomic mass is 10.0. The van der Waals surface area contributed by atoms with E-state index in [0.29, 0.717) is 18.9 Å². The average Bonchev–Trinajstić information content (AvgIpc) is 2.85. The van der Waals surface area contributed by atoms with Crippen molar-refractivity contribution in [2.24, 2.45) is 5.92 Å². The van der Waals surface area contributed by atoms with Crippen LogP contribution in [0.15, 0.2) is 0 Å². The van der Waals surface area contributed by atoms with Crippen LogP contribution < -0.4 is 0 Å². The van der Waals surface area contributed by atoms with Gasteiger partial charge in [0.2, 0.25) is 0 Å². The Kier molecular flexibility index (Phi) is 8.62. The van der Waals surface area contributed by atoms with Crippen molar-refractivity contribution in [3.8, 4) is 0 Å². The molecule has 19 heavy (non-hydrogen) atoms. The lowest BCUT2D eigenvalue weighted by Gasteiger charge is -2.23. The molecule has 4 heteroatoms. The van der Waals surface area contributed by atoms with E-state index < -0.39 is 12.2 Å². The van der Waals surface area contributed by atoms with Gasteiger partial charge in [0.1, 0.15) is 0 Å². The van der Waals surface area contributed by atoms with Crippen LogP contribution in [0, 0.1) is 5.92 Å². The number of aliphatic hydroxyl groups excluding tert-OH is 3. The molecule has 1 aliphatic heterocycles. The lowest BCUT2D eigenvalue weighted by molar-refractivity contribution is -0.00466. The Morgan fingerprint density at radius 3 is 2.47 bits per heavy atom. The van der Waals surface area contributed by atoms with Gasteiger partial charge in [0.25, 0.3) is 0 Å². The normalized spacial score (nSPS) is 23.7. The molecule has 0 amide bonds. The van der Waals surface area contributed by atoms with Crippen LogP contribution in [0.4, 0.5) is 0 Å². The Hall–Kier alpha value is -0.160. The number of β-amino-alcohol motifs (C(OH)–C–C–N with tert-alkyl or cyclic N) is 1. The summed E-state index contributed by atoms with van der Waals surface area (Å²) in [5.74, 6) is 0.346. The summed E-state index contributed by atoms with van der Waals surface area (Å²) in [5, 5.41) is 29.0. The molecule has 1 aliphatic rings. The summed E-state index contributed by atoms with van der Waals surface area (Å²) in [6, 6.07) is 0. The predicted octanol–water partition coefficient (Wildman–Crippen LogP) is 1.38. The minimum Gasteiger partial charge on any atom is -0.396 e. The summed E-state index contributed by atoms with van der Waals surface area (Å²) in [5.41, 5.74) is 0. The number of likely N-dealkylation sites (tertiary alicyclic amines) is 1. The van der Waals surface area contributed by atoms with Crippen LogP contribution in [-0.2, 0) is 0 Å². The van der Waals surface area contributed by atoms with E-state index in [1.165, 1.54) is 19.3 Å². The predicted molar refractivity (Wildman–Crippen MR) is 77.0 cm³/mol. The minimum absolute atomic E-state index is 0.229. The summed E-state index contributed by atoms with van der Waals surface area (Å²) in [6.07, 6.45) is 6.30. The van der Waals surface area contributed by atoms with Gasteiger partial charge in [-0.25, -0.2) is 0 Å². The van der Waals surface area contributed by atoms with Crippen LogP contribution in [0.2, 0.25) is 0 Å². The third-order valence-electron chi connectivity index (χ3n) is 4.12. The molecule has 0 saturated carbocycles. The Morgan fingerprint density at radius 2 is 1.84 bits per heavy atom. The van der Waals surface area contributed by atoms with Gasteiger partial charge in [-0.3, -0.25) is 0 Å². The number of nitrogens with zero attached hydrogens (tertiary/aromatic N) is 1. The topological polar surface area (TPSA) is 63.9 Å². The lowest BCUT2D eigenvalue weighted by Crippen LogP contribution is -2.38. The second-order valence-corrected chi connectivity index (χ2v) is 5.93. The zero-order valence-corrected chi connectivity index (χ0v) is 12.3. The first-order valence-electron chi connectivity index (χ1n) is 7.86. The molecule has 0 aromatic carbocycles. The van der Waals surface area contributed by atoms with Crippen molar-refractivity contribution in [3.05, 3.63) is 0 Å². The van der Waals surface area contributed by atoms with Gasteiger partial charge >= 0.3 is 0 Å². The maximum atomic E-state index is 9.99. The monoisotopic (exact) mass is 273 g/mol. The van der Waals surface area contributed by atoms with Crippen LogP contribution in [0.1, 0.15) is 51.9 Å². The maximum Gasteiger partial charge on any atom is 0.0925 e. The first-order chi connectivity index (χ1) is 9.17. The van der Waals surface area contributed by atoms with Gasteiger partial charge in [0.15, 0.2) is 0 Å². The summed E-state index contributed by atoms with van der Waals surface area (Å²) >= 11 is 0. The molecule has 1 saturated heterocycles. The third-order valence-corrected chi connectivity index (χ3v) is 4.12. The second-order valence-electron chi connectivity index (χ2n) is 5.93. The van der Waals surface area contributed by atoms with Crippen LogP contribution in [0.3, 0.4) is 0 Å². The quantitative estimate of drug-likeness (QED) is 0.526. The van der Waals surface area contributed by atoms with Gasteiger partial charge in [-0.1, -0.05) is 39.0 Å². The molecule has 0 bridgehead atoms. The highest BCUT2D eigenvalue weighted by Crippen LogP contribution is 2.17. The van der Waals surface area contributed by atoms with E-state index in [-0.39, 0.29) is 6.61 Å². The number of aliphatic hydroxyl groups is 3. The van der Waals surface area contributed by atoms with Gasteiger partial charge in [0.05, 0.1) is 12.2 Å². The van der Waals surface area contributed by atoms with Gasteiger partial charge in [0, 0.05) is 19.7 Å². The van der Waals surface area contributed by atoms with E-state index in [2.05, 4.69) is 11.8 Å². The molecule has 114 valence electrons. The van der Waals surface area contributed by atoms with E-state index in [1.807, 2.05) is 0 Å². The van der Waals surface area contributed by atoms with Gasteiger partial charge in [-0.15, -0.1) is 0 Å². The van der Waals surface area contributed by atoms with E-state index in [9.17, 15) is 10.2 Å². The summed E-state index contributed by atoms with van der Waals surface area (Å²) in [7, 11) is 0. The molecule has 1 fully saturated rings. The van der Waals surface area contributed by atoms with Crippen LogP contribution >= 0.6 is 0 Å². The fourth-order valence-electron chi connectivity index (χ4n) is 2.76. The zero-order valence-electron chi connectivity index (χ0n) is 12.3. The van der Waals surface area contributed by atoms with Crippen molar-refractivity contribution in [2.75, 3.05) is 26.2 Å². The Labute approximate surface area is 117 Å². The molecule has 3 unspecified atom stereocenters. The van der Waals surface area contributed by atoms with Crippen LogP contribution in [-0.4, -0.2) is 58.7 Å². The maximum absolute atomic E-state index is 9.99. The SMILES string of the molecule is CCCCCCCC(O)C(O)CN1CCC(CO)C1. The Bertz CT molecular complexity index is 225. The third kappa shape index (κ3) is 6.70. The molecule has 3 atom stereocenters. The van der Waals surface area contributed by atoms with Crippen molar-refractivity contribution < 1.29 is 15.3 Å². The number of hydrogen-bond donors (Lipinski definition) is 3. The molecule has 4 nitrogen and oxygen atoms in total. The van der Waals surface area contributed by atoms with Crippen molar-refractivity contribution in [1.29, 1.82) is 0 Å². The Morgan fingerprint density at radius 1 is 1.11 bits per heavy atom. The first-order valence-corrected chi connectivity index (χ1v) is 7.86. The summed E-state index contributed by atoms with van der Waals surface area (Å²) in [4.78, 5) is 2.14. The molecule has 0 aromatic rings. The molecule has 1 rings (SSSR count). The van der Waals surface area contributed by atoms with E-state index >= 15 is 0 Å². The molecule has 0 aliphatic carbocycles. The fraction of sp³-hybridized carbons (Fsp3) is 1.00. The van der Waals surface area contributed by atoms with Crippen molar-refractivity contribution in [1.82, 2.24) is 4.90 Å². The summed E-state index contributed by atoms with van der Waals surface area (Å²) in [6.45, 7) is 4.72. The van der Waals surface area contributed by atoms with Crippen LogP contribution in [0.5, 0.6) is 0 Å². The number of unbranched alkanes of at least 4 members (excludes halogenated alkanes) is 4. The average molecular weight is 273 g/mol. The first kappa shape index (κ1) is 16.9. The molecule has 0 aromatic heterocycles. The molecule has 0 radical (unpaired) electrons. The smallest absolute Gasteiger partial charge is 0.0925 e. The van der Waals surface area contributed by atoms with Crippen LogP contribution in [0.25, 0.3) is 0 Å². The standard InChI is InChI=1S/C15H31NO3/c1-2-3-4-5-6-7-14(18)15(19)11-16-9-8-13(10-16)12-17/h13-15,17-19H,2-12H2,1H3. The van der Waals surface area contributed by atoms with Crippen molar-refractivity contribution >= 4 is 0 Å².